The molecule has 0 aliphatic carbocycles. The molecular formula is C29H25N3O6S. The van der Waals surface area contributed by atoms with Crippen molar-refractivity contribution in [3.05, 3.63) is 77.7 Å². The Morgan fingerprint density at radius 3 is 2.51 bits per heavy atom. The number of amides is 1. The van der Waals surface area contributed by atoms with Crippen LogP contribution in [0.3, 0.4) is 0 Å². The Bertz CT molecular complexity index is 1610. The number of para-hydroxylation sites is 2. The summed E-state index contributed by atoms with van der Waals surface area (Å²) in [6.45, 7) is 1.77. The molecule has 2 heterocycles. The summed E-state index contributed by atoms with van der Waals surface area (Å²) in [5, 5.41) is 4.96. The molecule has 0 saturated carbocycles. The van der Waals surface area contributed by atoms with Gasteiger partial charge in [0, 0.05) is 10.9 Å². The SMILES string of the molecule is CCC(OC(=O)c1ccccc1-c1nc2ccccc2o1)C(=O)Nc1nc(-c2ccc(OC)c(OC)c2)cs1. The topological polar surface area (TPSA) is 113 Å². The normalized spacial score (nSPS) is 11.7. The van der Waals surface area contributed by atoms with Crippen molar-refractivity contribution in [2.45, 2.75) is 19.4 Å². The average Bonchev–Trinajstić information content (AvgIpc) is 3.62. The minimum atomic E-state index is -1.03. The molecule has 1 amide bonds. The van der Waals surface area contributed by atoms with Gasteiger partial charge in [-0.1, -0.05) is 31.2 Å². The second-order valence-corrected chi connectivity index (χ2v) is 9.29. The van der Waals surface area contributed by atoms with E-state index in [1.165, 1.54) is 11.3 Å². The van der Waals surface area contributed by atoms with Gasteiger partial charge in [0.25, 0.3) is 5.91 Å². The first kappa shape index (κ1) is 25.9. The molecule has 198 valence electrons. The van der Waals surface area contributed by atoms with E-state index in [4.69, 9.17) is 18.6 Å². The zero-order chi connectivity index (χ0) is 27.4. The fourth-order valence-corrected chi connectivity index (χ4v) is 4.72. The molecule has 0 spiro atoms. The molecule has 5 aromatic rings. The molecule has 3 aromatic carbocycles. The van der Waals surface area contributed by atoms with Gasteiger partial charge in [0.15, 0.2) is 28.3 Å². The number of oxazole rings is 1. The quantitative estimate of drug-likeness (QED) is 0.218. The molecule has 10 heteroatoms. The number of hydrogen-bond acceptors (Lipinski definition) is 9. The predicted octanol–water partition coefficient (Wildman–Crippen LogP) is 6.21. The van der Waals surface area contributed by atoms with Gasteiger partial charge in [-0.25, -0.2) is 14.8 Å². The van der Waals surface area contributed by atoms with E-state index in [2.05, 4.69) is 15.3 Å². The number of nitrogens with one attached hydrogen (secondary N) is 1. The lowest BCUT2D eigenvalue weighted by atomic mass is 10.1. The number of benzene rings is 3. The Hall–Kier alpha value is -4.70. The lowest BCUT2D eigenvalue weighted by molar-refractivity contribution is -0.124. The van der Waals surface area contributed by atoms with Crippen molar-refractivity contribution in [2.24, 2.45) is 0 Å². The van der Waals surface area contributed by atoms with Gasteiger partial charge in [0.2, 0.25) is 5.89 Å². The fourth-order valence-electron chi connectivity index (χ4n) is 4.00. The summed E-state index contributed by atoms with van der Waals surface area (Å²) < 4.78 is 22.1. The highest BCUT2D eigenvalue weighted by Gasteiger charge is 2.26. The summed E-state index contributed by atoms with van der Waals surface area (Å²) >= 11 is 1.26. The summed E-state index contributed by atoms with van der Waals surface area (Å²) in [7, 11) is 3.13. The third kappa shape index (κ3) is 5.46. The van der Waals surface area contributed by atoms with E-state index in [0.717, 1.165) is 5.56 Å². The van der Waals surface area contributed by atoms with E-state index < -0.39 is 18.0 Å². The molecule has 0 aliphatic rings. The van der Waals surface area contributed by atoms with E-state index in [1.54, 1.807) is 57.5 Å². The number of fused-ring (bicyclic) bond motifs is 1. The molecule has 0 aliphatic heterocycles. The number of hydrogen-bond donors (Lipinski definition) is 1. The van der Waals surface area contributed by atoms with Crippen molar-refractivity contribution in [3.63, 3.8) is 0 Å². The molecule has 5 rings (SSSR count). The smallest absolute Gasteiger partial charge is 0.339 e. The van der Waals surface area contributed by atoms with Crippen LogP contribution < -0.4 is 14.8 Å². The number of methoxy groups -OCH3 is 2. The van der Waals surface area contributed by atoms with E-state index >= 15 is 0 Å². The predicted molar refractivity (Wildman–Crippen MR) is 148 cm³/mol. The molecule has 0 bridgehead atoms. The van der Waals surface area contributed by atoms with Crippen LogP contribution >= 0.6 is 11.3 Å². The molecule has 39 heavy (non-hydrogen) atoms. The number of thiazole rings is 1. The first-order valence-electron chi connectivity index (χ1n) is 12.2. The van der Waals surface area contributed by atoms with Crippen molar-refractivity contribution >= 4 is 39.4 Å². The maximum atomic E-state index is 13.2. The van der Waals surface area contributed by atoms with Gasteiger partial charge in [-0.3, -0.25) is 10.1 Å². The van der Waals surface area contributed by atoms with Crippen LogP contribution in [-0.2, 0) is 9.53 Å². The van der Waals surface area contributed by atoms with Crippen molar-refractivity contribution in [2.75, 3.05) is 19.5 Å². The third-order valence-electron chi connectivity index (χ3n) is 6.00. The lowest BCUT2D eigenvalue weighted by Gasteiger charge is -2.16. The number of aromatic nitrogens is 2. The molecule has 2 aromatic heterocycles. The Kier molecular flexibility index (Phi) is 7.55. The van der Waals surface area contributed by atoms with Crippen LogP contribution in [0.4, 0.5) is 5.13 Å². The van der Waals surface area contributed by atoms with Crippen molar-refractivity contribution in [1.82, 2.24) is 9.97 Å². The highest BCUT2D eigenvalue weighted by Crippen LogP contribution is 2.34. The van der Waals surface area contributed by atoms with Gasteiger partial charge in [-0.05, 0) is 48.9 Å². The molecule has 0 radical (unpaired) electrons. The molecule has 0 saturated heterocycles. The summed E-state index contributed by atoms with van der Waals surface area (Å²) in [5.41, 5.74) is 3.48. The Balaban J connectivity index is 1.30. The highest BCUT2D eigenvalue weighted by molar-refractivity contribution is 7.14. The van der Waals surface area contributed by atoms with E-state index in [9.17, 15) is 9.59 Å². The first-order valence-corrected chi connectivity index (χ1v) is 13.0. The van der Waals surface area contributed by atoms with Crippen molar-refractivity contribution in [1.29, 1.82) is 0 Å². The number of carbonyl (C=O) groups is 2. The molecule has 1 unspecified atom stereocenters. The Morgan fingerprint density at radius 1 is 0.974 bits per heavy atom. The van der Waals surface area contributed by atoms with Crippen molar-refractivity contribution in [3.8, 4) is 34.2 Å². The van der Waals surface area contributed by atoms with Gasteiger partial charge in [0.05, 0.1) is 31.0 Å². The molecule has 0 fully saturated rings. The standard InChI is InChI=1S/C29H25N3O6S/c1-4-22(26(33)32-29-31-21(16-39-29)17-13-14-24(35-2)25(15-17)36-3)38-28(34)19-10-6-5-9-18(19)27-30-20-11-7-8-12-23(20)37-27/h5-16,22H,4H2,1-3H3,(H,31,32,33). The summed E-state index contributed by atoms with van der Waals surface area (Å²) in [5.74, 6) is 0.352. The number of nitrogens with zero attached hydrogens (tertiary/aromatic N) is 2. The molecule has 1 atom stereocenters. The van der Waals surface area contributed by atoms with Gasteiger partial charge in [-0.15, -0.1) is 11.3 Å². The van der Waals surface area contributed by atoms with Crippen molar-refractivity contribution < 1.29 is 28.2 Å². The number of carbonyl (C=O) groups excluding carboxylic acids is 2. The average molecular weight is 544 g/mol. The van der Waals surface area contributed by atoms with Crippen LogP contribution in [-0.4, -0.2) is 42.2 Å². The molecular weight excluding hydrogens is 518 g/mol. The van der Waals surface area contributed by atoms with Gasteiger partial charge < -0.3 is 18.6 Å². The minimum Gasteiger partial charge on any atom is -0.493 e. The van der Waals surface area contributed by atoms with Gasteiger partial charge >= 0.3 is 5.97 Å². The number of rotatable bonds is 9. The van der Waals surface area contributed by atoms with Crippen LogP contribution in [0.15, 0.2) is 76.5 Å². The third-order valence-corrected chi connectivity index (χ3v) is 6.76. The number of ether oxygens (including phenoxy) is 3. The second-order valence-electron chi connectivity index (χ2n) is 8.43. The Morgan fingerprint density at radius 2 is 1.74 bits per heavy atom. The zero-order valence-corrected chi connectivity index (χ0v) is 22.3. The van der Waals surface area contributed by atoms with Crippen LogP contribution in [0.1, 0.15) is 23.7 Å². The zero-order valence-electron chi connectivity index (χ0n) is 21.5. The minimum absolute atomic E-state index is 0.250. The summed E-state index contributed by atoms with van der Waals surface area (Å²) in [6.07, 6.45) is -0.751. The summed E-state index contributed by atoms with van der Waals surface area (Å²) in [4.78, 5) is 35.2. The molecule has 9 nitrogen and oxygen atoms in total. The second kappa shape index (κ2) is 11.4. The maximum Gasteiger partial charge on any atom is 0.339 e. The van der Waals surface area contributed by atoms with Gasteiger partial charge in [0.1, 0.15) is 5.52 Å². The van der Waals surface area contributed by atoms with Crippen LogP contribution in [0, 0.1) is 0 Å². The monoisotopic (exact) mass is 543 g/mol. The summed E-state index contributed by atoms with van der Waals surface area (Å²) in [6, 6.07) is 19.6. The van der Waals surface area contributed by atoms with E-state index in [0.29, 0.717) is 44.9 Å². The lowest BCUT2D eigenvalue weighted by Crippen LogP contribution is -2.32. The highest BCUT2D eigenvalue weighted by atomic mass is 32.1. The van der Waals surface area contributed by atoms with E-state index in [1.807, 2.05) is 35.7 Å². The van der Waals surface area contributed by atoms with Crippen LogP contribution in [0.5, 0.6) is 11.5 Å². The fraction of sp³-hybridized carbons (Fsp3) is 0.172. The van der Waals surface area contributed by atoms with Crippen LogP contribution in [0.2, 0.25) is 0 Å². The van der Waals surface area contributed by atoms with Gasteiger partial charge in [-0.2, -0.15) is 0 Å². The number of esters is 1. The maximum absolute atomic E-state index is 13.2. The Labute approximate surface area is 228 Å². The van der Waals surface area contributed by atoms with E-state index in [-0.39, 0.29) is 12.0 Å². The molecule has 1 N–H and O–H groups in total. The first-order chi connectivity index (χ1) is 19.0. The van der Waals surface area contributed by atoms with Crippen LogP contribution in [0.25, 0.3) is 33.8 Å². The largest absolute Gasteiger partial charge is 0.493 e. The number of anilines is 1.